The fourth-order valence-corrected chi connectivity index (χ4v) is 2.72. The first kappa shape index (κ1) is 17.0. The summed E-state index contributed by atoms with van der Waals surface area (Å²) in [5, 5.41) is 19.4. The first-order valence-corrected chi connectivity index (χ1v) is 7.85. The van der Waals surface area contributed by atoms with E-state index in [2.05, 4.69) is 0 Å². The molecular weight excluding hydrogens is 346 g/mol. The number of halogens is 1. The van der Waals surface area contributed by atoms with Crippen LogP contribution in [0.5, 0.6) is 5.75 Å². The molecule has 1 amide bonds. The molecule has 0 fully saturated rings. The molecule has 128 valence electrons. The summed E-state index contributed by atoms with van der Waals surface area (Å²) in [5.41, 5.74) is 2.84. The highest BCUT2D eigenvalue weighted by Crippen LogP contribution is 2.31. The van der Waals surface area contributed by atoms with Gasteiger partial charge in [-0.1, -0.05) is 11.6 Å². The molecule has 0 saturated carbocycles. The Morgan fingerprint density at radius 1 is 1.12 bits per heavy atom. The molecule has 3 rings (SSSR count). The number of hydroxylamine groups is 1. The van der Waals surface area contributed by atoms with Crippen LogP contribution in [0.25, 0.3) is 11.0 Å². The molecule has 25 heavy (non-hydrogen) atoms. The fourth-order valence-electron chi connectivity index (χ4n) is 2.60. The van der Waals surface area contributed by atoms with Crippen LogP contribution in [-0.2, 0) is 11.2 Å². The molecule has 1 heterocycles. The Kier molecular flexibility index (Phi) is 4.74. The lowest BCUT2D eigenvalue weighted by Gasteiger charge is -2.03. The van der Waals surface area contributed by atoms with Crippen molar-refractivity contribution in [1.29, 1.82) is 0 Å². The molecule has 3 N–H and O–H groups in total. The standard InChI is InChI=1S/C18H14ClNO5/c19-11-3-1-10(2-4-11)17(23)18-14(7-8-16(22)20-24)13-6-5-12(21)9-15(13)25-18/h1-6,9,21,24H,7-8H2,(H,20,22). The number of fused-ring (bicyclic) bond motifs is 1. The van der Waals surface area contributed by atoms with E-state index in [1.165, 1.54) is 12.1 Å². The minimum Gasteiger partial charge on any atom is -0.508 e. The number of amides is 1. The Labute approximate surface area is 147 Å². The van der Waals surface area contributed by atoms with Gasteiger partial charge < -0.3 is 9.52 Å². The number of carbonyl (C=O) groups is 2. The van der Waals surface area contributed by atoms with E-state index in [1.54, 1.807) is 35.8 Å². The molecule has 0 aliphatic carbocycles. The molecule has 0 aliphatic rings. The lowest BCUT2D eigenvalue weighted by molar-refractivity contribution is -0.129. The number of ketones is 1. The zero-order valence-corrected chi connectivity index (χ0v) is 13.7. The largest absolute Gasteiger partial charge is 0.508 e. The number of furan rings is 1. The van der Waals surface area contributed by atoms with Crippen LogP contribution in [0.15, 0.2) is 46.9 Å². The van der Waals surface area contributed by atoms with Crippen molar-refractivity contribution < 1.29 is 24.3 Å². The van der Waals surface area contributed by atoms with Gasteiger partial charge in [0, 0.05) is 34.0 Å². The maximum Gasteiger partial charge on any atom is 0.243 e. The highest BCUT2D eigenvalue weighted by molar-refractivity contribution is 6.30. The zero-order chi connectivity index (χ0) is 18.0. The molecule has 0 atom stereocenters. The van der Waals surface area contributed by atoms with Crippen LogP contribution < -0.4 is 5.48 Å². The molecule has 0 unspecified atom stereocenters. The fraction of sp³-hybridized carbons (Fsp3) is 0.111. The minimum absolute atomic E-state index is 0.00592. The molecule has 7 heteroatoms. The Morgan fingerprint density at radius 3 is 2.52 bits per heavy atom. The smallest absolute Gasteiger partial charge is 0.243 e. The number of benzene rings is 2. The van der Waals surface area contributed by atoms with Gasteiger partial charge in [0.1, 0.15) is 11.3 Å². The number of hydrogen-bond donors (Lipinski definition) is 3. The number of hydrogen-bond acceptors (Lipinski definition) is 5. The number of rotatable bonds is 5. The first-order valence-electron chi connectivity index (χ1n) is 7.47. The van der Waals surface area contributed by atoms with E-state index in [1.807, 2.05) is 0 Å². The van der Waals surface area contributed by atoms with Crippen molar-refractivity contribution >= 4 is 34.3 Å². The van der Waals surface area contributed by atoms with Gasteiger partial charge in [-0.25, -0.2) is 5.48 Å². The van der Waals surface area contributed by atoms with Crippen molar-refractivity contribution in [1.82, 2.24) is 5.48 Å². The minimum atomic E-state index is -0.571. The first-order chi connectivity index (χ1) is 12.0. The Morgan fingerprint density at radius 2 is 1.84 bits per heavy atom. The lowest BCUT2D eigenvalue weighted by atomic mass is 10.00. The molecule has 2 aromatic carbocycles. The third-order valence-corrected chi connectivity index (χ3v) is 4.07. The Bertz CT molecular complexity index is 946. The lowest BCUT2D eigenvalue weighted by Crippen LogP contribution is -2.19. The molecule has 1 aromatic heterocycles. The van der Waals surface area contributed by atoms with Gasteiger partial charge in [0.25, 0.3) is 0 Å². The summed E-state index contributed by atoms with van der Waals surface area (Å²) >= 11 is 5.85. The van der Waals surface area contributed by atoms with Crippen molar-refractivity contribution in [3.05, 3.63) is 64.4 Å². The molecule has 0 spiro atoms. The summed E-state index contributed by atoms with van der Waals surface area (Å²) < 4.78 is 5.66. The summed E-state index contributed by atoms with van der Waals surface area (Å²) in [4.78, 5) is 24.2. The quantitative estimate of drug-likeness (QED) is 0.368. The van der Waals surface area contributed by atoms with Gasteiger partial charge in [0.2, 0.25) is 11.7 Å². The van der Waals surface area contributed by atoms with Crippen LogP contribution in [0.1, 0.15) is 28.1 Å². The number of phenolic OH excluding ortho intramolecular Hbond substituents is 1. The van der Waals surface area contributed by atoms with Crippen molar-refractivity contribution in [3.63, 3.8) is 0 Å². The van der Waals surface area contributed by atoms with Crippen LogP contribution >= 0.6 is 11.6 Å². The molecule has 0 radical (unpaired) electrons. The van der Waals surface area contributed by atoms with E-state index in [9.17, 15) is 14.7 Å². The van der Waals surface area contributed by atoms with Crippen molar-refractivity contribution in [2.75, 3.05) is 0 Å². The van der Waals surface area contributed by atoms with Crippen molar-refractivity contribution in [2.45, 2.75) is 12.8 Å². The van der Waals surface area contributed by atoms with E-state index < -0.39 is 5.91 Å². The number of nitrogens with one attached hydrogen (secondary N) is 1. The maximum atomic E-state index is 12.8. The van der Waals surface area contributed by atoms with Gasteiger partial charge in [-0.15, -0.1) is 0 Å². The molecule has 0 aliphatic heterocycles. The van der Waals surface area contributed by atoms with Crippen LogP contribution in [0.2, 0.25) is 5.02 Å². The van der Waals surface area contributed by atoms with Crippen molar-refractivity contribution in [2.24, 2.45) is 0 Å². The molecule has 3 aromatic rings. The highest BCUT2D eigenvalue weighted by Gasteiger charge is 2.22. The maximum absolute atomic E-state index is 12.8. The second-order valence-electron chi connectivity index (χ2n) is 5.46. The average molecular weight is 360 g/mol. The van der Waals surface area contributed by atoms with Crippen LogP contribution in [0, 0.1) is 0 Å². The Balaban J connectivity index is 2.07. The molecular formula is C18H14ClNO5. The predicted molar refractivity (Wildman–Crippen MR) is 91.0 cm³/mol. The highest BCUT2D eigenvalue weighted by atomic mass is 35.5. The number of aromatic hydroxyl groups is 1. The van der Waals surface area contributed by atoms with Gasteiger partial charge in [0.15, 0.2) is 5.76 Å². The second kappa shape index (κ2) is 6.96. The molecule has 0 bridgehead atoms. The van der Waals surface area contributed by atoms with E-state index in [4.69, 9.17) is 21.2 Å². The van der Waals surface area contributed by atoms with Crippen LogP contribution in [0.4, 0.5) is 0 Å². The number of aryl methyl sites for hydroxylation is 1. The van der Waals surface area contributed by atoms with E-state index >= 15 is 0 Å². The van der Waals surface area contributed by atoms with Gasteiger partial charge >= 0.3 is 0 Å². The molecule has 0 saturated heterocycles. The normalized spacial score (nSPS) is 10.8. The van der Waals surface area contributed by atoms with E-state index in [0.717, 1.165) is 0 Å². The summed E-state index contributed by atoms with van der Waals surface area (Å²) in [6.45, 7) is 0. The number of phenols is 1. The third kappa shape index (κ3) is 3.50. The Hall–Kier alpha value is -2.83. The van der Waals surface area contributed by atoms with Crippen molar-refractivity contribution in [3.8, 4) is 5.75 Å². The van der Waals surface area contributed by atoms with Crippen LogP contribution in [0.3, 0.4) is 0 Å². The van der Waals surface area contributed by atoms with E-state index in [-0.39, 0.29) is 30.1 Å². The van der Waals surface area contributed by atoms with Gasteiger partial charge in [-0.3, -0.25) is 14.8 Å². The average Bonchev–Trinajstić information content (AvgIpc) is 2.97. The summed E-state index contributed by atoms with van der Waals surface area (Å²) in [6.07, 6.45) is 0.172. The summed E-state index contributed by atoms with van der Waals surface area (Å²) in [7, 11) is 0. The summed E-state index contributed by atoms with van der Waals surface area (Å²) in [5.74, 6) is -0.829. The van der Waals surface area contributed by atoms with Crippen LogP contribution in [-0.4, -0.2) is 22.0 Å². The SMILES string of the molecule is O=C(CCc1c(C(=O)c2ccc(Cl)cc2)oc2cc(O)ccc12)NO. The summed E-state index contributed by atoms with van der Waals surface area (Å²) in [6, 6.07) is 10.9. The predicted octanol–water partition coefficient (Wildman–Crippen LogP) is 3.46. The second-order valence-corrected chi connectivity index (χ2v) is 5.90. The topological polar surface area (TPSA) is 99.8 Å². The van der Waals surface area contributed by atoms with Gasteiger partial charge in [-0.05, 0) is 42.8 Å². The number of carbonyl (C=O) groups excluding carboxylic acids is 2. The third-order valence-electron chi connectivity index (χ3n) is 3.82. The zero-order valence-electron chi connectivity index (χ0n) is 13.0. The molecule has 6 nitrogen and oxygen atoms in total. The monoisotopic (exact) mass is 359 g/mol. The van der Waals surface area contributed by atoms with E-state index in [0.29, 0.717) is 27.1 Å². The van der Waals surface area contributed by atoms with Gasteiger partial charge in [-0.2, -0.15) is 0 Å². The van der Waals surface area contributed by atoms with Gasteiger partial charge in [0.05, 0.1) is 0 Å².